The van der Waals surface area contributed by atoms with Crippen LogP contribution in [-0.2, 0) is 6.42 Å². The lowest BCUT2D eigenvalue weighted by Gasteiger charge is -2.05. The average Bonchev–Trinajstić information content (AvgIpc) is 3.04. The van der Waals surface area contributed by atoms with Gasteiger partial charge in [0.25, 0.3) is 5.91 Å². The van der Waals surface area contributed by atoms with E-state index in [2.05, 4.69) is 15.5 Å². The first-order valence-electron chi connectivity index (χ1n) is 7.56. The fraction of sp³-hybridized carbons (Fsp3) is 0.167. The lowest BCUT2D eigenvalue weighted by molar-refractivity contribution is 0.0954. The van der Waals surface area contributed by atoms with E-state index in [0.717, 1.165) is 11.1 Å². The van der Waals surface area contributed by atoms with E-state index in [1.807, 2.05) is 31.2 Å². The highest BCUT2D eigenvalue weighted by atomic mass is 35.5. The van der Waals surface area contributed by atoms with Gasteiger partial charge in [-0.15, -0.1) is 10.2 Å². The molecule has 3 aromatic rings. The second kappa shape index (κ2) is 7.27. The maximum absolute atomic E-state index is 12.1. The zero-order valence-electron chi connectivity index (χ0n) is 13.1. The lowest BCUT2D eigenvalue weighted by atomic mass is 10.1. The lowest BCUT2D eigenvalue weighted by Crippen LogP contribution is -2.26. The minimum atomic E-state index is -0.223. The Labute approximate surface area is 144 Å². The number of benzene rings is 2. The Bertz CT molecular complexity index is 861. The van der Waals surface area contributed by atoms with Crippen LogP contribution in [0.1, 0.15) is 21.8 Å². The molecule has 1 N–H and O–H groups in total. The summed E-state index contributed by atoms with van der Waals surface area (Å²) in [5.41, 5.74) is 2.43. The zero-order valence-corrected chi connectivity index (χ0v) is 13.9. The van der Waals surface area contributed by atoms with Crippen LogP contribution in [0.2, 0.25) is 5.02 Å². The number of aryl methyl sites for hydroxylation is 1. The number of aromatic nitrogens is 2. The van der Waals surface area contributed by atoms with Crippen LogP contribution in [0.4, 0.5) is 0 Å². The van der Waals surface area contributed by atoms with Gasteiger partial charge in [-0.2, -0.15) is 0 Å². The van der Waals surface area contributed by atoms with Crippen LogP contribution in [-0.4, -0.2) is 22.6 Å². The quantitative estimate of drug-likeness (QED) is 0.768. The minimum absolute atomic E-state index is 0.223. The Balaban J connectivity index is 1.59. The number of amides is 1. The molecule has 24 heavy (non-hydrogen) atoms. The van der Waals surface area contributed by atoms with Gasteiger partial charge in [0.15, 0.2) is 0 Å². The summed E-state index contributed by atoms with van der Waals surface area (Å²) in [5.74, 6) is 0.743. The number of nitrogens with one attached hydrogen (secondary N) is 1. The standard InChI is InChI=1S/C18H16ClN3O2/c1-12-6-2-3-7-13(12)18-22-21-16(24-18)10-11-20-17(23)14-8-4-5-9-15(14)19/h2-9H,10-11H2,1H3,(H,20,23). The maximum Gasteiger partial charge on any atom is 0.252 e. The van der Waals surface area contributed by atoms with Crippen LogP contribution in [0.25, 0.3) is 11.5 Å². The van der Waals surface area contributed by atoms with Gasteiger partial charge >= 0.3 is 0 Å². The molecular weight excluding hydrogens is 326 g/mol. The van der Waals surface area contributed by atoms with Gasteiger partial charge in [0.2, 0.25) is 11.8 Å². The third-order valence-corrected chi connectivity index (χ3v) is 3.91. The summed E-state index contributed by atoms with van der Waals surface area (Å²) in [6.45, 7) is 2.38. The molecule has 122 valence electrons. The molecule has 0 aliphatic rings. The number of hydrogen-bond acceptors (Lipinski definition) is 4. The Hall–Kier alpha value is -2.66. The highest BCUT2D eigenvalue weighted by molar-refractivity contribution is 6.33. The van der Waals surface area contributed by atoms with Gasteiger partial charge in [-0.25, -0.2) is 0 Å². The van der Waals surface area contributed by atoms with Crippen LogP contribution in [0.3, 0.4) is 0 Å². The molecule has 3 rings (SSSR count). The molecule has 0 radical (unpaired) electrons. The highest BCUT2D eigenvalue weighted by Crippen LogP contribution is 2.21. The van der Waals surface area contributed by atoms with E-state index in [4.69, 9.17) is 16.0 Å². The van der Waals surface area contributed by atoms with Gasteiger partial charge in [0.1, 0.15) is 0 Å². The van der Waals surface area contributed by atoms with Gasteiger partial charge in [-0.1, -0.05) is 41.9 Å². The number of halogens is 1. The molecule has 0 aliphatic heterocycles. The summed E-state index contributed by atoms with van der Waals surface area (Å²) in [6.07, 6.45) is 0.453. The van der Waals surface area contributed by atoms with Crippen molar-refractivity contribution in [3.63, 3.8) is 0 Å². The molecule has 0 saturated carbocycles. The SMILES string of the molecule is Cc1ccccc1-c1nnc(CCNC(=O)c2ccccc2Cl)o1. The van der Waals surface area contributed by atoms with Gasteiger partial charge in [-0.3, -0.25) is 4.79 Å². The van der Waals surface area contributed by atoms with E-state index in [1.165, 1.54) is 0 Å². The summed E-state index contributed by atoms with van der Waals surface area (Å²) in [6, 6.07) is 14.7. The predicted octanol–water partition coefficient (Wildman–Crippen LogP) is 3.67. The minimum Gasteiger partial charge on any atom is -0.421 e. The summed E-state index contributed by atoms with van der Waals surface area (Å²) in [4.78, 5) is 12.1. The third-order valence-electron chi connectivity index (χ3n) is 3.59. The Morgan fingerprint density at radius 3 is 2.67 bits per heavy atom. The van der Waals surface area contributed by atoms with Crippen molar-refractivity contribution >= 4 is 17.5 Å². The summed E-state index contributed by atoms with van der Waals surface area (Å²) in [5, 5.41) is 11.3. The molecule has 5 nitrogen and oxygen atoms in total. The molecule has 0 fully saturated rings. The fourth-order valence-electron chi connectivity index (χ4n) is 2.30. The van der Waals surface area contributed by atoms with Crippen molar-refractivity contribution < 1.29 is 9.21 Å². The van der Waals surface area contributed by atoms with Crippen molar-refractivity contribution in [2.24, 2.45) is 0 Å². The van der Waals surface area contributed by atoms with Crippen LogP contribution in [0, 0.1) is 6.92 Å². The van der Waals surface area contributed by atoms with Crippen LogP contribution >= 0.6 is 11.6 Å². The summed E-state index contributed by atoms with van der Waals surface area (Å²) >= 11 is 6.00. The monoisotopic (exact) mass is 341 g/mol. The van der Waals surface area contributed by atoms with Gasteiger partial charge < -0.3 is 9.73 Å². The molecule has 0 spiro atoms. The normalized spacial score (nSPS) is 10.6. The molecular formula is C18H16ClN3O2. The molecule has 0 unspecified atom stereocenters. The van der Waals surface area contributed by atoms with Crippen LogP contribution < -0.4 is 5.32 Å². The van der Waals surface area contributed by atoms with Crippen molar-refractivity contribution in [2.45, 2.75) is 13.3 Å². The molecule has 1 amide bonds. The highest BCUT2D eigenvalue weighted by Gasteiger charge is 2.12. The van der Waals surface area contributed by atoms with E-state index in [9.17, 15) is 4.79 Å². The summed E-state index contributed by atoms with van der Waals surface area (Å²) < 4.78 is 5.66. The number of carbonyl (C=O) groups excluding carboxylic acids is 1. The Morgan fingerprint density at radius 2 is 1.88 bits per heavy atom. The average molecular weight is 342 g/mol. The summed E-state index contributed by atoms with van der Waals surface area (Å²) in [7, 11) is 0. The van der Waals surface area contributed by atoms with Crippen molar-refractivity contribution in [1.29, 1.82) is 0 Å². The van der Waals surface area contributed by atoms with Crippen molar-refractivity contribution in [1.82, 2.24) is 15.5 Å². The number of rotatable bonds is 5. The van der Waals surface area contributed by atoms with Crippen molar-refractivity contribution in [3.8, 4) is 11.5 Å². The van der Waals surface area contributed by atoms with E-state index >= 15 is 0 Å². The molecule has 1 heterocycles. The number of carbonyl (C=O) groups is 1. The second-order valence-electron chi connectivity index (χ2n) is 5.30. The first-order valence-corrected chi connectivity index (χ1v) is 7.94. The Kier molecular flexibility index (Phi) is 4.91. The Morgan fingerprint density at radius 1 is 1.12 bits per heavy atom. The topological polar surface area (TPSA) is 68.0 Å². The second-order valence-corrected chi connectivity index (χ2v) is 5.71. The molecule has 0 aliphatic carbocycles. The van der Waals surface area contributed by atoms with E-state index in [-0.39, 0.29) is 5.91 Å². The van der Waals surface area contributed by atoms with Gasteiger partial charge in [-0.05, 0) is 30.7 Å². The van der Waals surface area contributed by atoms with Crippen LogP contribution in [0.15, 0.2) is 52.9 Å². The molecule has 0 bridgehead atoms. The number of hydrogen-bond donors (Lipinski definition) is 1. The first kappa shape index (κ1) is 16.2. The molecule has 6 heteroatoms. The van der Waals surface area contributed by atoms with Crippen molar-refractivity contribution in [2.75, 3.05) is 6.54 Å². The van der Waals surface area contributed by atoms with E-state index in [0.29, 0.717) is 35.3 Å². The van der Waals surface area contributed by atoms with Gasteiger partial charge in [0, 0.05) is 18.5 Å². The first-order chi connectivity index (χ1) is 11.6. The molecule has 0 saturated heterocycles. The van der Waals surface area contributed by atoms with Crippen molar-refractivity contribution in [3.05, 3.63) is 70.6 Å². The van der Waals surface area contributed by atoms with E-state index in [1.54, 1.807) is 24.3 Å². The maximum atomic E-state index is 12.1. The van der Waals surface area contributed by atoms with E-state index < -0.39 is 0 Å². The smallest absolute Gasteiger partial charge is 0.252 e. The fourth-order valence-corrected chi connectivity index (χ4v) is 2.52. The van der Waals surface area contributed by atoms with Crippen LogP contribution in [0.5, 0.6) is 0 Å². The zero-order chi connectivity index (χ0) is 16.9. The predicted molar refractivity (Wildman–Crippen MR) is 92.0 cm³/mol. The largest absolute Gasteiger partial charge is 0.421 e. The number of nitrogens with zero attached hydrogens (tertiary/aromatic N) is 2. The van der Waals surface area contributed by atoms with Gasteiger partial charge in [0.05, 0.1) is 10.6 Å². The molecule has 0 atom stereocenters. The molecule has 1 aromatic heterocycles. The molecule has 2 aromatic carbocycles. The third kappa shape index (κ3) is 3.63.